The molecule has 3 aromatic heterocycles. The summed E-state index contributed by atoms with van der Waals surface area (Å²) in [6.07, 6.45) is 0.474. The predicted octanol–water partition coefficient (Wildman–Crippen LogP) is 6.34. The molecule has 1 amide bonds. The van der Waals surface area contributed by atoms with Gasteiger partial charge in [0.15, 0.2) is 0 Å². The molecule has 0 unspecified atom stereocenters. The summed E-state index contributed by atoms with van der Waals surface area (Å²) in [6.45, 7) is 14.8. The Hall–Kier alpha value is -4.06. The molecule has 12 heteroatoms. The molecule has 1 aliphatic heterocycles. The predicted molar refractivity (Wildman–Crippen MR) is 168 cm³/mol. The monoisotopic (exact) mass is 611 g/mol. The normalized spacial score (nSPS) is 15.2. The van der Waals surface area contributed by atoms with Crippen molar-refractivity contribution in [2.45, 2.75) is 65.5 Å². The molecule has 44 heavy (non-hydrogen) atoms. The molecular formula is C32H43F2N7O3. The molecule has 0 aliphatic carbocycles. The van der Waals surface area contributed by atoms with Crippen LogP contribution in [0, 0.1) is 5.92 Å². The Balaban J connectivity index is 1.48. The number of amides is 1. The zero-order valence-electron chi connectivity index (χ0n) is 26.3. The number of rotatable bonds is 11. The SMILES string of the molecule is CC(C)C[C@@](C)(COc1ccc(-c2ccnc(Nc3ccc(N4CCNCC4)cn3)c2)nc1C(F)F)NC(=O)OC(C)(C)C. The first-order valence-electron chi connectivity index (χ1n) is 14.9. The third-order valence-corrected chi connectivity index (χ3v) is 6.84. The van der Waals surface area contributed by atoms with Crippen LogP contribution in [0.15, 0.2) is 48.8 Å². The molecular weight excluding hydrogens is 568 g/mol. The van der Waals surface area contributed by atoms with E-state index in [-0.39, 0.29) is 18.3 Å². The lowest BCUT2D eigenvalue weighted by molar-refractivity contribution is 0.0404. The summed E-state index contributed by atoms with van der Waals surface area (Å²) in [4.78, 5) is 27.9. The van der Waals surface area contributed by atoms with Crippen LogP contribution in [0.1, 0.15) is 60.1 Å². The fourth-order valence-corrected chi connectivity index (χ4v) is 5.09. The van der Waals surface area contributed by atoms with E-state index in [4.69, 9.17) is 9.47 Å². The molecule has 0 spiro atoms. The Morgan fingerprint density at radius 3 is 2.43 bits per heavy atom. The number of carbonyl (C=O) groups is 1. The van der Waals surface area contributed by atoms with Crippen molar-refractivity contribution >= 4 is 23.4 Å². The van der Waals surface area contributed by atoms with Gasteiger partial charge in [0.2, 0.25) is 0 Å². The molecule has 1 saturated heterocycles. The molecule has 0 radical (unpaired) electrons. The van der Waals surface area contributed by atoms with Crippen LogP contribution < -0.4 is 25.6 Å². The van der Waals surface area contributed by atoms with Crippen LogP contribution in [-0.2, 0) is 4.74 Å². The van der Waals surface area contributed by atoms with Gasteiger partial charge in [0.25, 0.3) is 6.43 Å². The summed E-state index contributed by atoms with van der Waals surface area (Å²) in [5, 5.41) is 9.38. The molecule has 1 atom stereocenters. The highest BCUT2D eigenvalue weighted by Gasteiger charge is 2.32. The van der Waals surface area contributed by atoms with Gasteiger partial charge in [0.1, 0.15) is 35.3 Å². The fourth-order valence-electron chi connectivity index (χ4n) is 5.09. The van der Waals surface area contributed by atoms with Gasteiger partial charge in [0, 0.05) is 37.9 Å². The van der Waals surface area contributed by atoms with E-state index >= 15 is 0 Å². The van der Waals surface area contributed by atoms with Crippen molar-refractivity contribution in [2.75, 3.05) is 43.0 Å². The second kappa shape index (κ2) is 14.1. The standard InChI is InChI=1S/C32H43F2N7O3/c1-21(2)18-32(6,40-30(42)44-31(3,4)5)20-43-25-9-8-24(38-28(25)29(33)34)22-11-12-36-27(17-22)39-26-10-7-23(19-37-26)41-15-13-35-14-16-41/h7-12,17,19,21,29,35H,13-16,18,20H2,1-6H3,(H,40,42)(H,36,37,39)/t32-/m0/s1. The van der Waals surface area contributed by atoms with Crippen molar-refractivity contribution in [3.05, 3.63) is 54.5 Å². The first-order valence-corrected chi connectivity index (χ1v) is 14.9. The Morgan fingerprint density at radius 2 is 1.80 bits per heavy atom. The Bertz CT molecular complexity index is 1390. The number of hydrogen-bond donors (Lipinski definition) is 3. The number of ether oxygens (including phenoxy) is 2. The average molecular weight is 612 g/mol. The van der Waals surface area contributed by atoms with Crippen molar-refractivity contribution < 1.29 is 23.0 Å². The molecule has 0 saturated carbocycles. The molecule has 1 aliphatic rings. The minimum Gasteiger partial charge on any atom is -0.489 e. The van der Waals surface area contributed by atoms with Gasteiger partial charge in [-0.3, -0.25) is 0 Å². The number of hydrogen-bond acceptors (Lipinski definition) is 9. The number of aromatic nitrogens is 3. The van der Waals surface area contributed by atoms with Crippen LogP contribution in [-0.4, -0.2) is 65.0 Å². The van der Waals surface area contributed by atoms with Crippen molar-refractivity contribution in [3.8, 4) is 17.0 Å². The number of halogens is 2. The number of nitrogens with zero attached hydrogens (tertiary/aromatic N) is 4. The third-order valence-electron chi connectivity index (χ3n) is 6.84. The van der Waals surface area contributed by atoms with Gasteiger partial charge in [-0.1, -0.05) is 13.8 Å². The molecule has 3 N–H and O–H groups in total. The number of pyridine rings is 3. The second-order valence-electron chi connectivity index (χ2n) is 12.6. The van der Waals surface area contributed by atoms with Crippen molar-refractivity contribution in [1.82, 2.24) is 25.6 Å². The van der Waals surface area contributed by atoms with E-state index in [2.05, 4.69) is 35.8 Å². The van der Waals surface area contributed by atoms with E-state index in [1.165, 1.54) is 6.07 Å². The molecule has 10 nitrogen and oxygen atoms in total. The van der Waals surface area contributed by atoms with Gasteiger partial charge in [-0.05, 0) is 76.4 Å². The number of alkyl halides is 2. The minimum absolute atomic E-state index is 0.0467. The Kier molecular flexibility index (Phi) is 10.6. The van der Waals surface area contributed by atoms with Crippen molar-refractivity contribution in [2.24, 2.45) is 5.92 Å². The Labute approximate surface area is 258 Å². The van der Waals surface area contributed by atoms with Crippen LogP contribution in [0.4, 0.5) is 30.9 Å². The summed E-state index contributed by atoms with van der Waals surface area (Å²) in [5.41, 5.74) is -0.0299. The molecule has 4 rings (SSSR count). The van der Waals surface area contributed by atoms with Gasteiger partial charge in [0.05, 0.1) is 23.1 Å². The van der Waals surface area contributed by atoms with Crippen LogP contribution in [0.2, 0.25) is 0 Å². The lowest BCUT2D eigenvalue weighted by Gasteiger charge is -2.33. The topological polar surface area (TPSA) is 114 Å². The largest absolute Gasteiger partial charge is 0.489 e. The first kappa shape index (κ1) is 32.8. The minimum atomic E-state index is -2.88. The summed E-state index contributed by atoms with van der Waals surface area (Å²) < 4.78 is 39.7. The second-order valence-corrected chi connectivity index (χ2v) is 12.6. The summed E-state index contributed by atoms with van der Waals surface area (Å²) in [7, 11) is 0. The zero-order chi connectivity index (χ0) is 31.9. The van der Waals surface area contributed by atoms with Crippen molar-refractivity contribution in [1.29, 1.82) is 0 Å². The van der Waals surface area contributed by atoms with E-state index in [1.807, 2.05) is 32.2 Å². The number of nitrogens with one attached hydrogen (secondary N) is 3. The van der Waals surface area contributed by atoms with E-state index in [1.54, 1.807) is 52.1 Å². The molecule has 238 valence electrons. The molecule has 1 fully saturated rings. The quantitative estimate of drug-likeness (QED) is 0.229. The molecule has 3 aromatic rings. The van der Waals surface area contributed by atoms with Crippen LogP contribution in [0.3, 0.4) is 0 Å². The maximum Gasteiger partial charge on any atom is 0.408 e. The van der Waals surface area contributed by atoms with Crippen molar-refractivity contribution in [3.63, 3.8) is 0 Å². The summed E-state index contributed by atoms with van der Waals surface area (Å²) in [5.74, 6) is 1.26. The number of carbonyl (C=O) groups excluding carboxylic acids is 1. The molecule has 0 bridgehead atoms. The maximum absolute atomic E-state index is 14.2. The van der Waals surface area contributed by atoms with Gasteiger partial charge in [-0.25, -0.2) is 28.5 Å². The highest BCUT2D eigenvalue weighted by Crippen LogP contribution is 2.32. The Morgan fingerprint density at radius 1 is 1.05 bits per heavy atom. The van der Waals surface area contributed by atoms with E-state index in [0.717, 1.165) is 31.9 Å². The lowest BCUT2D eigenvalue weighted by atomic mass is 9.91. The zero-order valence-corrected chi connectivity index (χ0v) is 26.3. The smallest absolute Gasteiger partial charge is 0.408 e. The summed E-state index contributed by atoms with van der Waals surface area (Å²) in [6, 6.07) is 10.4. The van der Waals surface area contributed by atoms with Crippen LogP contribution in [0.5, 0.6) is 5.75 Å². The fraction of sp³-hybridized carbons (Fsp3) is 0.500. The maximum atomic E-state index is 14.2. The summed E-state index contributed by atoms with van der Waals surface area (Å²) >= 11 is 0. The number of piperazine rings is 1. The van der Waals surface area contributed by atoms with Gasteiger partial charge >= 0.3 is 6.09 Å². The average Bonchev–Trinajstić information content (AvgIpc) is 2.95. The number of anilines is 3. The van der Waals surface area contributed by atoms with Crippen LogP contribution >= 0.6 is 0 Å². The first-order chi connectivity index (χ1) is 20.8. The van der Waals surface area contributed by atoms with E-state index in [0.29, 0.717) is 29.3 Å². The van der Waals surface area contributed by atoms with Gasteiger partial charge < -0.3 is 30.3 Å². The molecule has 0 aromatic carbocycles. The number of alkyl carbamates (subject to hydrolysis) is 1. The lowest BCUT2D eigenvalue weighted by Crippen LogP contribution is -2.52. The van der Waals surface area contributed by atoms with E-state index in [9.17, 15) is 13.6 Å². The molecule has 4 heterocycles. The highest BCUT2D eigenvalue weighted by atomic mass is 19.3. The van der Waals surface area contributed by atoms with Crippen LogP contribution in [0.25, 0.3) is 11.3 Å². The highest BCUT2D eigenvalue weighted by molar-refractivity contribution is 5.69. The van der Waals surface area contributed by atoms with Gasteiger partial charge in [-0.15, -0.1) is 0 Å². The van der Waals surface area contributed by atoms with E-state index < -0.39 is 29.4 Å². The third kappa shape index (κ3) is 9.47. The van der Waals surface area contributed by atoms with Gasteiger partial charge in [-0.2, -0.15) is 0 Å².